The summed E-state index contributed by atoms with van der Waals surface area (Å²) in [6, 6.07) is 16.0. The summed E-state index contributed by atoms with van der Waals surface area (Å²) in [5, 5.41) is 6.57. The van der Waals surface area contributed by atoms with Gasteiger partial charge in [-0.3, -0.25) is 14.5 Å². The van der Waals surface area contributed by atoms with Crippen molar-refractivity contribution in [3.63, 3.8) is 0 Å². The summed E-state index contributed by atoms with van der Waals surface area (Å²) in [6.07, 6.45) is 4.22. The first-order valence-electron chi connectivity index (χ1n) is 10.7. The molecular formula is C24H28ClN3O3. The zero-order chi connectivity index (χ0) is 21.8. The predicted molar refractivity (Wildman–Crippen MR) is 120 cm³/mol. The minimum Gasteiger partial charge on any atom is -0.497 e. The lowest BCUT2D eigenvalue weighted by atomic mass is 9.96. The van der Waals surface area contributed by atoms with Crippen molar-refractivity contribution in [1.82, 2.24) is 15.5 Å². The predicted octanol–water partition coefficient (Wildman–Crippen LogP) is 3.39. The molecule has 164 valence electrons. The number of hydrogen-bond donors (Lipinski definition) is 2. The summed E-state index contributed by atoms with van der Waals surface area (Å²) < 4.78 is 5.14. The van der Waals surface area contributed by atoms with Crippen molar-refractivity contribution in [2.75, 3.05) is 13.7 Å². The van der Waals surface area contributed by atoms with Crippen molar-refractivity contribution in [3.8, 4) is 5.75 Å². The summed E-state index contributed by atoms with van der Waals surface area (Å²) in [5.41, 5.74) is 1.74. The first-order chi connectivity index (χ1) is 15.0. The van der Waals surface area contributed by atoms with Crippen LogP contribution in [-0.4, -0.2) is 48.5 Å². The number of fused-ring (bicyclic) bond motifs is 2. The van der Waals surface area contributed by atoms with Crippen molar-refractivity contribution in [3.05, 3.63) is 64.7 Å². The van der Waals surface area contributed by atoms with Crippen molar-refractivity contribution in [1.29, 1.82) is 0 Å². The van der Waals surface area contributed by atoms with Crippen LogP contribution >= 0.6 is 11.6 Å². The average Bonchev–Trinajstić information content (AvgIpc) is 3.01. The molecule has 4 rings (SSSR count). The van der Waals surface area contributed by atoms with Gasteiger partial charge in [-0.1, -0.05) is 29.8 Å². The second-order valence-electron chi connectivity index (χ2n) is 8.33. The normalized spacial score (nSPS) is 22.7. The van der Waals surface area contributed by atoms with E-state index in [1.165, 1.54) is 5.56 Å². The zero-order valence-corrected chi connectivity index (χ0v) is 18.4. The Morgan fingerprint density at radius 3 is 2.48 bits per heavy atom. The maximum atomic E-state index is 12.4. The second-order valence-corrected chi connectivity index (χ2v) is 8.77. The standard InChI is InChI=1S/C24H28ClN3O3/c1-31-22-4-2-3-17(11-22)24(30)26-14-23(29)27-19-12-20-9-10-21(13-19)28(20)15-16-5-7-18(25)8-6-16/h2-8,11,19-21H,9-10,12-15H2,1H3,(H,26,30)(H,27,29)/t20-,21-/m1/s1. The molecule has 2 fully saturated rings. The molecular weight excluding hydrogens is 414 g/mol. The Morgan fingerprint density at radius 1 is 1.10 bits per heavy atom. The Hall–Kier alpha value is -2.57. The van der Waals surface area contributed by atoms with Gasteiger partial charge in [-0.15, -0.1) is 0 Å². The minimum atomic E-state index is -0.285. The molecule has 6 nitrogen and oxygen atoms in total. The molecule has 0 aliphatic carbocycles. The van der Waals surface area contributed by atoms with Crippen molar-refractivity contribution in [2.45, 2.75) is 50.4 Å². The van der Waals surface area contributed by atoms with Crippen LogP contribution in [0.25, 0.3) is 0 Å². The fraction of sp³-hybridized carbons (Fsp3) is 0.417. The highest BCUT2D eigenvalue weighted by molar-refractivity contribution is 6.30. The van der Waals surface area contributed by atoms with E-state index in [-0.39, 0.29) is 24.4 Å². The molecule has 2 heterocycles. The molecule has 0 unspecified atom stereocenters. The van der Waals surface area contributed by atoms with E-state index in [9.17, 15) is 9.59 Å². The number of amides is 2. The highest BCUT2D eigenvalue weighted by atomic mass is 35.5. The Morgan fingerprint density at radius 2 is 1.81 bits per heavy atom. The number of methoxy groups -OCH3 is 1. The third-order valence-electron chi connectivity index (χ3n) is 6.27. The molecule has 0 radical (unpaired) electrons. The molecule has 0 saturated carbocycles. The topological polar surface area (TPSA) is 70.7 Å². The molecule has 2 aromatic rings. The van der Waals surface area contributed by atoms with E-state index in [1.807, 2.05) is 12.1 Å². The maximum absolute atomic E-state index is 12.4. The Labute approximate surface area is 187 Å². The lowest BCUT2D eigenvalue weighted by molar-refractivity contribution is -0.121. The van der Waals surface area contributed by atoms with Crippen LogP contribution in [0.1, 0.15) is 41.6 Å². The molecule has 2 aliphatic heterocycles. The van der Waals surface area contributed by atoms with Crippen LogP contribution in [0.3, 0.4) is 0 Å². The quantitative estimate of drug-likeness (QED) is 0.691. The number of carbonyl (C=O) groups excluding carboxylic acids is 2. The van der Waals surface area contributed by atoms with Gasteiger partial charge in [-0.25, -0.2) is 0 Å². The molecule has 0 spiro atoms. The van der Waals surface area contributed by atoms with E-state index in [1.54, 1.807) is 31.4 Å². The summed E-state index contributed by atoms with van der Waals surface area (Å²) in [5.74, 6) is 0.177. The van der Waals surface area contributed by atoms with Gasteiger partial charge in [-0.2, -0.15) is 0 Å². The van der Waals surface area contributed by atoms with Gasteiger partial charge in [-0.05, 0) is 61.6 Å². The van der Waals surface area contributed by atoms with Crippen LogP contribution in [0, 0.1) is 0 Å². The minimum absolute atomic E-state index is 0.0314. The summed E-state index contributed by atoms with van der Waals surface area (Å²) in [7, 11) is 1.55. The number of carbonyl (C=O) groups is 2. The number of nitrogens with one attached hydrogen (secondary N) is 2. The van der Waals surface area contributed by atoms with Crippen LogP contribution in [0.15, 0.2) is 48.5 Å². The SMILES string of the molecule is COc1cccc(C(=O)NCC(=O)NC2C[C@H]3CC[C@H](C2)N3Cc2ccc(Cl)cc2)c1. The smallest absolute Gasteiger partial charge is 0.251 e. The summed E-state index contributed by atoms with van der Waals surface area (Å²) in [6.45, 7) is 0.889. The zero-order valence-electron chi connectivity index (χ0n) is 17.6. The van der Waals surface area contributed by atoms with E-state index >= 15 is 0 Å². The molecule has 0 aromatic heterocycles. The Kier molecular flexibility index (Phi) is 6.78. The first-order valence-corrected chi connectivity index (χ1v) is 11.1. The maximum Gasteiger partial charge on any atom is 0.251 e. The van der Waals surface area contributed by atoms with Gasteiger partial charge < -0.3 is 15.4 Å². The van der Waals surface area contributed by atoms with E-state index < -0.39 is 0 Å². The van der Waals surface area contributed by atoms with E-state index in [4.69, 9.17) is 16.3 Å². The number of halogens is 1. The lowest BCUT2D eigenvalue weighted by Crippen LogP contribution is -2.51. The van der Waals surface area contributed by atoms with Crippen LogP contribution in [0.4, 0.5) is 0 Å². The van der Waals surface area contributed by atoms with Crippen molar-refractivity contribution in [2.24, 2.45) is 0 Å². The van der Waals surface area contributed by atoms with E-state index in [2.05, 4.69) is 27.7 Å². The van der Waals surface area contributed by atoms with Crippen LogP contribution in [0.5, 0.6) is 5.75 Å². The molecule has 2 saturated heterocycles. The van der Waals surface area contributed by atoms with E-state index in [0.717, 1.165) is 37.3 Å². The largest absolute Gasteiger partial charge is 0.497 e. The lowest BCUT2D eigenvalue weighted by Gasteiger charge is -2.39. The Bertz CT molecular complexity index is 920. The number of piperidine rings is 1. The third kappa shape index (κ3) is 5.38. The molecule has 2 atom stereocenters. The molecule has 2 aromatic carbocycles. The number of rotatable bonds is 7. The van der Waals surface area contributed by atoms with Crippen LogP contribution in [0.2, 0.25) is 5.02 Å². The summed E-state index contributed by atoms with van der Waals surface area (Å²) >= 11 is 6.00. The fourth-order valence-electron chi connectivity index (χ4n) is 4.76. The van der Waals surface area contributed by atoms with Crippen molar-refractivity contribution >= 4 is 23.4 Å². The third-order valence-corrected chi connectivity index (χ3v) is 6.52. The fourth-order valence-corrected chi connectivity index (χ4v) is 4.88. The molecule has 31 heavy (non-hydrogen) atoms. The molecule has 2 amide bonds. The van der Waals surface area contributed by atoms with Gasteiger partial charge in [0, 0.05) is 35.3 Å². The average molecular weight is 442 g/mol. The van der Waals surface area contributed by atoms with Gasteiger partial charge in [0.05, 0.1) is 13.7 Å². The van der Waals surface area contributed by atoms with Crippen LogP contribution in [-0.2, 0) is 11.3 Å². The molecule has 2 bridgehead atoms. The number of hydrogen-bond acceptors (Lipinski definition) is 4. The van der Waals surface area contributed by atoms with Crippen molar-refractivity contribution < 1.29 is 14.3 Å². The molecule has 2 aliphatic rings. The van der Waals surface area contributed by atoms with Gasteiger partial charge in [0.1, 0.15) is 5.75 Å². The van der Waals surface area contributed by atoms with Gasteiger partial charge >= 0.3 is 0 Å². The van der Waals surface area contributed by atoms with Gasteiger partial charge in [0.15, 0.2) is 0 Å². The highest BCUT2D eigenvalue weighted by Gasteiger charge is 2.40. The van der Waals surface area contributed by atoms with Gasteiger partial charge in [0.2, 0.25) is 5.91 Å². The van der Waals surface area contributed by atoms with E-state index in [0.29, 0.717) is 23.4 Å². The first kappa shape index (κ1) is 21.7. The second kappa shape index (κ2) is 9.71. The molecule has 7 heteroatoms. The monoisotopic (exact) mass is 441 g/mol. The number of benzene rings is 2. The highest BCUT2D eigenvalue weighted by Crippen LogP contribution is 2.36. The Balaban J connectivity index is 1.25. The van der Waals surface area contributed by atoms with Gasteiger partial charge in [0.25, 0.3) is 5.91 Å². The number of nitrogens with zero attached hydrogens (tertiary/aromatic N) is 1. The summed E-state index contributed by atoms with van der Waals surface area (Å²) in [4.78, 5) is 27.3. The molecule has 2 N–H and O–H groups in total. The number of ether oxygens (including phenoxy) is 1. The van der Waals surface area contributed by atoms with Crippen LogP contribution < -0.4 is 15.4 Å².